The maximum Gasteiger partial charge on any atom is 0.240 e. The van der Waals surface area contributed by atoms with Crippen molar-refractivity contribution in [3.05, 3.63) is 47.0 Å². The number of likely N-dealkylation sites (tertiary alicyclic amines) is 1. The number of piperidine rings is 1. The second kappa shape index (κ2) is 9.00. The zero-order valence-electron chi connectivity index (χ0n) is 16.9. The lowest BCUT2D eigenvalue weighted by molar-refractivity contribution is -0.140. The molecule has 156 valence electrons. The Morgan fingerprint density at radius 3 is 2.69 bits per heavy atom. The van der Waals surface area contributed by atoms with E-state index >= 15 is 0 Å². The minimum atomic E-state index is -0.226. The molecule has 8 heteroatoms. The molecule has 1 atom stereocenters. The fourth-order valence-electron chi connectivity index (χ4n) is 4.27. The molecule has 2 aliphatic heterocycles. The molecule has 1 aromatic heterocycles. The molecule has 0 radical (unpaired) electrons. The summed E-state index contributed by atoms with van der Waals surface area (Å²) in [5.74, 6) is -0.0175. The third-order valence-corrected chi connectivity index (χ3v) is 5.98. The van der Waals surface area contributed by atoms with Gasteiger partial charge in [-0.2, -0.15) is 0 Å². The second-order valence-electron chi connectivity index (χ2n) is 8.01. The van der Waals surface area contributed by atoms with E-state index in [1.165, 1.54) is 6.07 Å². The van der Waals surface area contributed by atoms with Crippen LogP contribution in [-0.2, 0) is 17.9 Å². The van der Waals surface area contributed by atoms with Crippen molar-refractivity contribution in [2.24, 2.45) is 0 Å². The summed E-state index contributed by atoms with van der Waals surface area (Å²) < 4.78 is 18.3. The molecule has 2 fully saturated rings. The number of nitrogens with zero attached hydrogens (tertiary/aromatic N) is 5. The van der Waals surface area contributed by atoms with Crippen LogP contribution in [0, 0.1) is 12.7 Å². The van der Waals surface area contributed by atoms with Crippen molar-refractivity contribution < 1.29 is 13.8 Å². The quantitative estimate of drug-likeness (QED) is 0.766. The van der Waals surface area contributed by atoms with Crippen molar-refractivity contribution in [3.63, 3.8) is 0 Å². The summed E-state index contributed by atoms with van der Waals surface area (Å²) in [6.45, 7) is 7.15. The Hall–Kier alpha value is -2.32. The molecule has 2 aliphatic rings. The van der Waals surface area contributed by atoms with Gasteiger partial charge in [-0.05, 0) is 44.0 Å². The fraction of sp³-hybridized carbons (Fsp3) is 0.571. The summed E-state index contributed by atoms with van der Waals surface area (Å²) in [4.78, 5) is 19.7. The van der Waals surface area contributed by atoms with Crippen LogP contribution in [0.5, 0.6) is 0 Å². The zero-order valence-corrected chi connectivity index (χ0v) is 16.9. The number of piperazine rings is 1. The van der Waals surface area contributed by atoms with Crippen LogP contribution in [0.25, 0.3) is 0 Å². The number of aromatic nitrogens is 2. The van der Waals surface area contributed by atoms with Crippen molar-refractivity contribution >= 4 is 5.91 Å². The second-order valence-corrected chi connectivity index (χ2v) is 8.01. The largest absolute Gasteiger partial charge is 0.339 e. The van der Waals surface area contributed by atoms with Gasteiger partial charge in [0.05, 0.1) is 6.04 Å². The molecule has 1 aromatic carbocycles. The van der Waals surface area contributed by atoms with E-state index < -0.39 is 0 Å². The van der Waals surface area contributed by atoms with Gasteiger partial charge in [-0.15, -0.1) is 0 Å². The third kappa shape index (κ3) is 4.82. The highest BCUT2D eigenvalue weighted by atomic mass is 19.1. The number of carbonyl (C=O) groups is 1. The monoisotopic (exact) mass is 401 g/mol. The van der Waals surface area contributed by atoms with Gasteiger partial charge in [-0.3, -0.25) is 14.6 Å². The van der Waals surface area contributed by atoms with Crippen LogP contribution in [0.1, 0.15) is 36.2 Å². The number of halogens is 1. The van der Waals surface area contributed by atoms with Gasteiger partial charge in [0.2, 0.25) is 5.91 Å². The molecule has 0 saturated carbocycles. The van der Waals surface area contributed by atoms with Crippen LogP contribution in [0.3, 0.4) is 0 Å². The van der Waals surface area contributed by atoms with Gasteiger partial charge in [-0.25, -0.2) is 9.02 Å². The number of hydrogen-bond acceptors (Lipinski definition) is 6. The van der Waals surface area contributed by atoms with Gasteiger partial charge < -0.3 is 4.90 Å². The standard InChI is InChI=1S/C21H28FN5O2/c1-16-19(24-29-23-16)15-25-9-11-26(12-10-25)21(28)20-7-2-3-8-27(20)14-17-5-4-6-18(22)13-17/h4-6,13,20H,2-3,7-12,14-15H2,1H3. The van der Waals surface area contributed by atoms with Gasteiger partial charge in [-0.1, -0.05) is 28.9 Å². The Bertz CT molecular complexity index is 834. The topological polar surface area (TPSA) is 65.7 Å². The van der Waals surface area contributed by atoms with Crippen LogP contribution >= 0.6 is 0 Å². The summed E-state index contributed by atoms with van der Waals surface area (Å²) in [6.07, 6.45) is 3.02. The zero-order chi connectivity index (χ0) is 20.2. The van der Waals surface area contributed by atoms with Crippen molar-refractivity contribution in [3.8, 4) is 0 Å². The van der Waals surface area contributed by atoms with E-state index in [2.05, 4.69) is 20.1 Å². The van der Waals surface area contributed by atoms with Gasteiger partial charge in [0, 0.05) is 39.3 Å². The lowest BCUT2D eigenvalue weighted by Gasteiger charge is -2.40. The third-order valence-electron chi connectivity index (χ3n) is 5.98. The molecule has 4 rings (SSSR count). The first-order chi connectivity index (χ1) is 14.1. The van der Waals surface area contributed by atoms with E-state index in [0.717, 1.165) is 55.8 Å². The Balaban J connectivity index is 1.34. The summed E-state index contributed by atoms with van der Waals surface area (Å²) in [5.41, 5.74) is 2.60. The minimum absolute atomic E-state index is 0.111. The van der Waals surface area contributed by atoms with Gasteiger partial charge in [0.1, 0.15) is 17.2 Å². The number of amides is 1. The van der Waals surface area contributed by atoms with E-state index in [4.69, 9.17) is 4.63 Å². The van der Waals surface area contributed by atoms with Crippen molar-refractivity contribution in [1.29, 1.82) is 0 Å². The number of carbonyl (C=O) groups excluding carboxylic acids is 1. The molecule has 0 aliphatic carbocycles. The molecule has 2 saturated heterocycles. The number of rotatable bonds is 5. The lowest BCUT2D eigenvalue weighted by Crippen LogP contribution is -2.55. The first kappa shape index (κ1) is 20.0. The smallest absolute Gasteiger partial charge is 0.240 e. The summed E-state index contributed by atoms with van der Waals surface area (Å²) >= 11 is 0. The van der Waals surface area contributed by atoms with E-state index in [-0.39, 0.29) is 17.8 Å². The molecule has 0 bridgehead atoms. The molecule has 0 spiro atoms. The van der Waals surface area contributed by atoms with Gasteiger partial charge in [0.25, 0.3) is 0 Å². The number of benzene rings is 1. The molecule has 3 heterocycles. The maximum atomic E-state index is 13.6. The van der Waals surface area contributed by atoms with Crippen molar-refractivity contribution in [2.45, 2.75) is 45.3 Å². The van der Waals surface area contributed by atoms with Crippen LogP contribution in [0.2, 0.25) is 0 Å². The Labute approximate surface area is 170 Å². The van der Waals surface area contributed by atoms with Gasteiger partial charge >= 0.3 is 0 Å². The molecule has 2 aromatic rings. The normalized spacial score (nSPS) is 21.4. The first-order valence-electron chi connectivity index (χ1n) is 10.4. The number of hydrogen-bond donors (Lipinski definition) is 0. The van der Waals surface area contributed by atoms with E-state index in [1.54, 1.807) is 12.1 Å². The summed E-state index contributed by atoms with van der Waals surface area (Å²) in [6, 6.07) is 6.57. The summed E-state index contributed by atoms with van der Waals surface area (Å²) in [5, 5.41) is 7.78. The van der Waals surface area contributed by atoms with Crippen molar-refractivity contribution in [1.82, 2.24) is 25.0 Å². The molecule has 29 heavy (non-hydrogen) atoms. The molecule has 1 unspecified atom stereocenters. The highest BCUT2D eigenvalue weighted by Gasteiger charge is 2.33. The Kier molecular flexibility index (Phi) is 6.20. The minimum Gasteiger partial charge on any atom is -0.339 e. The fourth-order valence-corrected chi connectivity index (χ4v) is 4.27. The Morgan fingerprint density at radius 1 is 1.14 bits per heavy atom. The molecule has 0 N–H and O–H groups in total. The van der Waals surface area contributed by atoms with E-state index in [1.807, 2.05) is 17.9 Å². The number of aryl methyl sites for hydroxylation is 1. The first-order valence-corrected chi connectivity index (χ1v) is 10.4. The lowest BCUT2D eigenvalue weighted by atomic mass is 9.99. The van der Waals surface area contributed by atoms with E-state index in [0.29, 0.717) is 26.2 Å². The predicted octanol–water partition coefficient (Wildman–Crippen LogP) is 2.22. The van der Waals surface area contributed by atoms with E-state index in [9.17, 15) is 9.18 Å². The van der Waals surface area contributed by atoms with Crippen LogP contribution in [0.4, 0.5) is 4.39 Å². The molecular weight excluding hydrogens is 373 g/mol. The molecular formula is C21H28FN5O2. The van der Waals surface area contributed by atoms with Crippen LogP contribution in [0.15, 0.2) is 28.9 Å². The summed E-state index contributed by atoms with van der Waals surface area (Å²) in [7, 11) is 0. The maximum absolute atomic E-state index is 13.6. The average molecular weight is 401 g/mol. The van der Waals surface area contributed by atoms with Gasteiger partial charge in [0.15, 0.2) is 0 Å². The predicted molar refractivity (Wildman–Crippen MR) is 105 cm³/mol. The van der Waals surface area contributed by atoms with Crippen LogP contribution in [-0.4, -0.2) is 69.7 Å². The van der Waals surface area contributed by atoms with Crippen LogP contribution < -0.4 is 0 Å². The molecule has 1 amide bonds. The molecule has 7 nitrogen and oxygen atoms in total. The van der Waals surface area contributed by atoms with Crippen molar-refractivity contribution in [2.75, 3.05) is 32.7 Å². The highest BCUT2D eigenvalue weighted by molar-refractivity contribution is 5.82. The SMILES string of the molecule is Cc1nonc1CN1CCN(C(=O)C2CCCCN2Cc2cccc(F)c2)CC1. The highest BCUT2D eigenvalue weighted by Crippen LogP contribution is 2.22. The Morgan fingerprint density at radius 2 is 1.97 bits per heavy atom. The average Bonchev–Trinajstić information content (AvgIpc) is 3.13.